The van der Waals surface area contributed by atoms with Crippen molar-refractivity contribution in [3.8, 4) is 0 Å². The molecule has 1 rings (SSSR count). The monoisotopic (exact) mass is 694 g/mol. The molecule has 282 valence electrons. The van der Waals surface area contributed by atoms with Gasteiger partial charge in [-0.1, -0.05) is 133 Å². The summed E-state index contributed by atoms with van der Waals surface area (Å²) in [6, 6.07) is 0. The zero-order valence-electron chi connectivity index (χ0n) is 30.2. The van der Waals surface area contributed by atoms with Crippen LogP contribution in [0.1, 0.15) is 129 Å². The smallest absolute Gasteiger partial charge is 0.306 e. The second kappa shape index (κ2) is 30.5. The Labute approximate surface area is 295 Å². The molecule has 1 aliphatic rings. The molecule has 6 atom stereocenters. The first-order chi connectivity index (χ1) is 23.8. The highest BCUT2D eigenvalue weighted by atomic mass is 16.7. The number of aliphatic hydroxyl groups excluding tert-OH is 4. The molecule has 1 saturated heterocycles. The van der Waals surface area contributed by atoms with Crippen molar-refractivity contribution in [2.24, 2.45) is 0 Å². The molecule has 0 spiro atoms. The van der Waals surface area contributed by atoms with Crippen molar-refractivity contribution in [3.05, 3.63) is 48.6 Å². The van der Waals surface area contributed by atoms with E-state index in [1.807, 2.05) is 30.4 Å². The van der Waals surface area contributed by atoms with E-state index < -0.39 is 49.4 Å². The quantitative estimate of drug-likeness (QED) is 0.0386. The van der Waals surface area contributed by atoms with Crippen molar-refractivity contribution in [1.29, 1.82) is 0 Å². The van der Waals surface area contributed by atoms with Gasteiger partial charge in [0.15, 0.2) is 12.4 Å². The lowest BCUT2D eigenvalue weighted by Gasteiger charge is -2.39. The molecule has 0 aromatic rings. The molecule has 0 radical (unpaired) electrons. The Kier molecular flexibility index (Phi) is 27.8. The molecule has 0 bridgehead atoms. The summed E-state index contributed by atoms with van der Waals surface area (Å²) in [5.41, 5.74) is 0. The zero-order valence-corrected chi connectivity index (χ0v) is 30.2. The summed E-state index contributed by atoms with van der Waals surface area (Å²) in [5.74, 6) is -0.842. The summed E-state index contributed by atoms with van der Waals surface area (Å²) in [6.07, 6.45) is 25.6. The van der Waals surface area contributed by atoms with E-state index in [0.29, 0.717) is 6.42 Å². The molecule has 0 amide bonds. The standard InChI is InChI=1S/C39H66O10/c1-3-5-7-9-11-13-14-15-16-17-18-20-22-24-26-28-35(42)48-32(31-47-39-38(45)37(44)36(43)33(29-40)49-39)30-46-34(41)27-25-23-21-19-12-10-8-6-4-2/h5,7,9,11,13-16,32-33,36-40,43-45H,3-4,6,8,10,12,17-31H2,1-2H3/b7-5+,11-9+,14-13+,16-15+/t32-,33-,36+,37?,38?,39-/m1/s1. The zero-order chi connectivity index (χ0) is 36.0. The largest absolute Gasteiger partial charge is 0.462 e. The highest BCUT2D eigenvalue weighted by Crippen LogP contribution is 2.22. The molecule has 0 aliphatic carbocycles. The number of carbonyl (C=O) groups excluding carboxylic acids is 2. The van der Waals surface area contributed by atoms with E-state index in [0.717, 1.165) is 64.2 Å². The van der Waals surface area contributed by atoms with E-state index >= 15 is 0 Å². The van der Waals surface area contributed by atoms with Crippen molar-refractivity contribution >= 4 is 11.9 Å². The van der Waals surface area contributed by atoms with Gasteiger partial charge in [-0.15, -0.1) is 0 Å². The summed E-state index contributed by atoms with van der Waals surface area (Å²) < 4.78 is 22.0. The fourth-order valence-electron chi connectivity index (χ4n) is 5.31. The number of hydrogen-bond donors (Lipinski definition) is 4. The Hall–Kier alpha value is -2.34. The average molecular weight is 695 g/mol. The molecule has 10 heteroatoms. The summed E-state index contributed by atoms with van der Waals surface area (Å²) >= 11 is 0. The number of carbonyl (C=O) groups is 2. The second-order valence-electron chi connectivity index (χ2n) is 12.7. The maximum Gasteiger partial charge on any atom is 0.306 e. The van der Waals surface area contributed by atoms with E-state index in [2.05, 4.69) is 32.1 Å². The van der Waals surface area contributed by atoms with Crippen LogP contribution in [-0.2, 0) is 28.5 Å². The van der Waals surface area contributed by atoms with E-state index in [1.165, 1.54) is 32.1 Å². The second-order valence-corrected chi connectivity index (χ2v) is 12.7. The minimum atomic E-state index is -1.60. The van der Waals surface area contributed by atoms with E-state index in [1.54, 1.807) is 0 Å². The normalized spacial score (nSPS) is 22.1. The number of rotatable bonds is 29. The third-order valence-corrected chi connectivity index (χ3v) is 8.32. The third kappa shape index (κ3) is 22.9. The number of aliphatic hydroxyl groups is 4. The SMILES string of the molecule is CC/C=C/C=C/C=C/C=C/CCCCCCCC(=O)O[C@H](COC(=O)CCCCCCCCCCC)CO[C@@H]1O[C@H](CO)[C@H](O)C(O)C1O. The van der Waals surface area contributed by atoms with Crippen LogP contribution in [0, 0.1) is 0 Å². The Morgan fingerprint density at radius 1 is 0.653 bits per heavy atom. The Balaban J connectivity index is 2.43. The van der Waals surface area contributed by atoms with Crippen molar-refractivity contribution in [3.63, 3.8) is 0 Å². The molecule has 0 saturated carbocycles. The first-order valence-electron chi connectivity index (χ1n) is 18.8. The summed E-state index contributed by atoms with van der Waals surface area (Å²) in [6.45, 7) is 3.20. The van der Waals surface area contributed by atoms with Crippen LogP contribution in [0.3, 0.4) is 0 Å². The summed E-state index contributed by atoms with van der Waals surface area (Å²) in [5, 5.41) is 39.8. The van der Waals surface area contributed by atoms with Crippen LogP contribution in [-0.4, -0.2) is 89.0 Å². The van der Waals surface area contributed by atoms with E-state index in [-0.39, 0.29) is 32.0 Å². The first-order valence-corrected chi connectivity index (χ1v) is 18.8. The van der Waals surface area contributed by atoms with Gasteiger partial charge in [-0.2, -0.15) is 0 Å². The fraction of sp³-hybridized carbons (Fsp3) is 0.744. The van der Waals surface area contributed by atoms with Crippen molar-refractivity contribution in [1.82, 2.24) is 0 Å². The van der Waals surface area contributed by atoms with Gasteiger partial charge in [0.1, 0.15) is 31.0 Å². The van der Waals surface area contributed by atoms with Crippen LogP contribution in [0.15, 0.2) is 48.6 Å². The fourth-order valence-corrected chi connectivity index (χ4v) is 5.31. The van der Waals surface area contributed by atoms with Gasteiger partial charge in [0, 0.05) is 12.8 Å². The molecular formula is C39H66O10. The molecule has 0 aromatic heterocycles. The van der Waals surface area contributed by atoms with Crippen LogP contribution in [0.5, 0.6) is 0 Å². The molecule has 10 nitrogen and oxygen atoms in total. The Bertz CT molecular complexity index is 944. The predicted octanol–water partition coefficient (Wildman–Crippen LogP) is 6.54. The van der Waals surface area contributed by atoms with Crippen molar-refractivity contribution < 1.29 is 49.0 Å². The summed E-state index contributed by atoms with van der Waals surface area (Å²) in [7, 11) is 0. The van der Waals surface area contributed by atoms with Gasteiger partial charge in [0.2, 0.25) is 0 Å². The first kappa shape index (κ1) is 44.7. The van der Waals surface area contributed by atoms with Crippen LogP contribution in [0.25, 0.3) is 0 Å². The lowest BCUT2D eigenvalue weighted by Crippen LogP contribution is -2.59. The molecule has 1 aliphatic heterocycles. The van der Waals surface area contributed by atoms with E-state index in [9.17, 15) is 30.0 Å². The van der Waals surface area contributed by atoms with Crippen LogP contribution in [0.2, 0.25) is 0 Å². The van der Waals surface area contributed by atoms with Gasteiger partial charge >= 0.3 is 11.9 Å². The molecule has 49 heavy (non-hydrogen) atoms. The lowest BCUT2D eigenvalue weighted by atomic mass is 9.99. The number of ether oxygens (including phenoxy) is 4. The topological polar surface area (TPSA) is 152 Å². The lowest BCUT2D eigenvalue weighted by molar-refractivity contribution is -0.305. The Morgan fingerprint density at radius 2 is 1.20 bits per heavy atom. The molecule has 0 aromatic carbocycles. The van der Waals surface area contributed by atoms with Crippen molar-refractivity contribution in [2.75, 3.05) is 19.8 Å². The highest BCUT2D eigenvalue weighted by molar-refractivity contribution is 5.70. The highest BCUT2D eigenvalue weighted by Gasteiger charge is 2.44. The maximum absolute atomic E-state index is 12.7. The minimum Gasteiger partial charge on any atom is -0.462 e. The average Bonchev–Trinajstić information content (AvgIpc) is 3.10. The van der Waals surface area contributed by atoms with Gasteiger partial charge in [0.25, 0.3) is 0 Å². The number of allylic oxidation sites excluding steroid dienone is 8. The number of esters is 2. The van der Waals surface area contributed by atoms with Gasteiger partial charge in [0.05, 0.1) is 13.2 Å². The van der Waals surface area contributed by atoms with Gasteiger partial charge in [-0.25, -0.2) is 0 Å². The van der Waals surface area contributed by atoms with Crippen LogP contribution in [0.4, 0.5) is 0 Å². The molecule has 1 fully saturated rings. The third-order valence-electron chi connectivity index (χ3n) is 8.32. The molecular weight excluding hydrogens is 628 g/mol. The maximum atomic E-state index is 12.7. The number of unbranched alkanes of at least 4 members (excludes halogenated alkanes) is 13. The predicted molar refractivity (Wildman–Crippen MR) is 192 cm³/mol. The molecule has 2 unspecified atom stereocenters. The van der Waals surface area contributed by atoms with Crippen LogP contribution >= 0.6 is 0 Å². The van der Waals surface area contributed by atoms with Crippen LogP contribution < -0.4 is 0 Å². The summed E-state index contributed by atoms with van der Waals surface area (Å²) in [4.78, 5) is 25.1. The molecule has 4 N–H and O–H groups in total. The van der Waals surface area contributed by atoms with E-state index in [4.69, 9.17) is 18.9 Å². The van der Waals surface area contributed by atoms with Gasteiger partial charge in [-0.3, -0.25) is 9.59 Å². The molecule has 1 heterocycles. The Morgan fingerprint density at radius 3 is 1.82 bits per heavy atom. The number of hydrogen-bond acceptors (Lipinski definition) is 10. The van der Waals surface area contributed by atoms with Crippen molar-refractivity contribution in [2.45, 2.75) is 166 Å². The van der Waals surface area contributed by atoms with Gasteiger partial charge in [-0.05, 0) is 32.1 Å². The van der Waals surface area contributed by atoms with Gasteiger partial charge < -0.3 is 39.4 Å². The minimum absolute atomic E-state index is 0.203.